The van der Waals surface area contributed by atoms with Gasteiger partial charge in [0.25, 0.3) is 0 Å². The van der Waals surface area contributed by atoms with Crippen molar-refractivity contribution in [3.8, 4) is 0 Å². The Labute approximate surface area is 188 Å². The smallest absolute Gasteiger partial charge is 0.164 e. The zero-order chi connectivity index (χ0) is 22.1. The molecule has 0 unspecified atom stereocenters. The number of hydrogen-bond acceptors (Lipinski definition) is 4. The molecule has 0 aromatic carbocycles. The second-order valence-corrected chi connectivity index (χ2v) is 12.9. The molecule has 4 heteroatoms. The van der Waals surface area contributed by atoms with Gasteiger partial charge in [0.2, 0.25) is 0 Å². The number of ketones is 1. The molecule has 5 rings (SSSR count). The van der Waals surface area contributed by atoms with Gasteiger partial charge < -0.3 is 15.5 Å². The van der Waals surface area contributed by atoms with Crippen molar-refractivity contribution < 1.29 is 15.0 Å². The van der Waals surface area contributed by atoms with E-state index < -0.39 is 6.10 Å². The van der Waals surface area contributed by atoms with E-state index in [0.717, 1.165) is 37.6 Å². The first kappa shape index (κ1) is 22.3. The fraction of sp³-hybridized carbons (Fsp3) is 0.963. The van der Waals surface area contributed by atoms with Gasteiger partial charge in [-0.3, -0.25) is 4.79 Å². The van der Waals surface area contributed by atoms with E-state index in [9.17, 15) is 15.0 Å². The minimum absolute atomic E-state index is 0.0848. The number of carbonyl (C=O) groups excluding carboxylic acids is 1. The van der Waals surface area contributed by atoms with E-state index in [2.05, 4.69) is 33.0 Å². The summed E-state index contributed by atoms with van der Waals surface area (Å²) in [4.78, 5) is 12.8. The molecule has 4 aliphatic carbocycles. The highest BCUT2D eigenvalue weighted by molar-refractivity contribution is 5.87. The molecule has 0 aromatic rings. The van der Waals surface area contributed by atoms with E-state index in [4.69, 9.17) is 0 Å². The fourth-order valence-electron chi connectivity index (χ4n) is 9.91. The van der Waals surface area contributed by atoms with Crippen LogP contribution in [0.15, 0.2) is 0 Å². The lowest BCUT2D eigenvalue weighted by Gasteiger charge is -2.60. The quantitative estimate of drug-likeness (QED) is 0.613. The number of nitrogens with one attached hydrogen (secondary N) is 1. The molecule has 31 heavy (non-hydrogen) atoms. The van der Waals surface area contributed by atoms with Gasteiger partial charge in [-0.05, 0) is 111 Å². The van der Waals surface area contributed by atoms with Gasteiger partial charge in [0, 0.05) is 12.0 Å². The van der Waals surface area contributed by atoms with E-state index in [1.807, 2.05) is 0 Å². The normalized spacial score (nSPS) is 55.8. The first-order valence-corrected chi connectivity index (χ1v) is 13.3. The monoisotopic (exact) mass is 431 g/mol. The number of Topliss-reactive ketones (excluding diaryl/α,β-unsaturated/α-hetero) is 1. The summed E-state index contributed by atoms with van der Waals surface area (Å²) in [6.45, 7) is 10.6. The fourth-order valence-corrected chi connectivity index (χ4v) is 9.91. The van der Waals surface area contributed by atoms with Crippen LogP contribution in [0.2, 0.25) is 0 Å². The van der Waals surface area contributed by atoms with Crippen LogP contribution < -0.4 is 5.32 Å². The Morgan fingerprint density at radius 1 is 0.968 bits per heavy atom. The van der Waals surface area contributed by atoms with Crippen molar-refractivity contribution in [3.63, 3.8) is 0 Å². The van der Waals surface area contributed by atoms with Gasteiger partial charge in [-0.1, -0.05) is 27.7 Å². The van der Waals surface area contributed by atoms with E-state index in [0.29, 0.717) is 35.5 Å². The minimum Gasteiger partial charge on any atom is -0.391 e. The first-order valence-electron chi connectivity index (χ1n) is 13.3. The predicted octanol–water partition coefficient (Wildman–Crippen LogP) is 4.18. The maximum absolute atomic E-state index is 12.8. The van der Waals surface area contributed by atoms with Crippen molar-refractivity contribution in [1.82, 2.24) is 5.32 Å². The molecular weight excluding hydrogens is 386 g/mol. The molecule has 176 valence electrons. The number of rotatable bonds is 2. The summed E-state index contributed by atoms with van der Waals surface area (Å²) in [5.41, 5.74) is 0.466. The molecule has 0 spiro atoms. The third-order valence-electron chi connectivity index (χ3n) is 11.5. The van der Waals surface area contributed by atoms with Crippen molar-refractivity contribution in [1.29, 1.82) is 0 Å². The maximum Gasteiger partial charge on any atom is 0.164 e. The van der Waals surface area contributed by atoms with E-state index >= 15 is 0 Å². The Morgan fingerprint density at radius 3 is 2.42 bits per heavy atom. The van der Waals surface area contributed by atoms with Crippen LogP contribution in [-0.4, -0.2) is 40.8 Å². The van der Waals surface area contributed by atoms with Crippen molar-refractivity contribution >= 4 is 5.78 Å². The van der Waals surface area contributed by atoms with Crippen LogP contribution in [0.4, 0.5) is 0 Å². The molecule has 5 fully saturated rings. The van der Waals surface area contributed by atoms with E-state index in [-0.39, 0.29) is 29.3 Å². The Kier molecular flexibility index (Phi) is 5.63. The highest BCUT2D eigenvalue weighted by Crippen LogP contribution is 2.68. The van der Waals surface area contributed by atoms with Gasteiger partial charge >= 0.3 is 0 Å². The van der Waals surface area contributed by atoms with Gasteiger partial charge in [0.15, 0.2) is 5.78 Å². The number of carbonyl (C=O) groups is 1. The number of aliphatic hydroxyl groups is 2. The molecule has 12 atom stereocenters. The molecule has 4 nitrogen and oxygen atoms in total. The minimum atomic E-state index is -0.711. The number of hydrogen-bond donors (Lipinski definition) is 3. The van der Waals surface area contributed by atoms with Gasteiger partial charge in [-0.2, -0.15) is 0 Å². The number of piperidine rings is 1. The maximum atomic E-state index is 12.8. The third-order valence-corrected chi connectivity index (χ3v) is 11.5. The van der Waals surface area contributed by atoms with Gasteiger partial charge in [0.05, 0.1) is 6.10 Å². The van der Waals surface area contributed by atoms with Crippen molar-refractivity contribution in [2.24, 2.45) is 52.3 Å². The Bertz CT molecular complexity index is 711. The van der Waals surface area contributed by atoms with Crippen LogP contribution in [0.1, 0.15) is 85.5 Å². The highest BCUT2D eigenvalue weighted by atomic mass is 16.3. The molecule has 0 radical (unpaired) electrons. The van der Waals surface area contributed by atoms with Gasteiger partial charge in [0.1, 0.15) is 6.10 Å². The summed E-state index contributed by atoms with van der Waals surface area (Å²) in [6, 6.07) is 0.236. The van der Waals surface area contributed by atoms with Crippen LogP contribution in [0.25, 0.3) is 0 Å². The average molecular weight is 432 g/mol. The van der Waals surface area contributed by atoms with Gasteiger partial charge in [-0.25, -0.2) is 0 Å². The highest BCUT2D eigenvalue weighted by Gasteiger charge is 2.62. The van der Waals surface area contributed by atoms with E-state index in [1.165, 1.54) is 32.1 Å². The zero-order valence-electron chi connectivity index (χ0n) is 20.1. The molecule has 5 aliphatic rings. The second kappa shape index (κ2) is 7.81. The zero-order valence-corrected chi connectivity index (χ0v) is 20.1. The molecule has 0 aromatic heterocycles. The molecule has 0 amide bonds. The van der Waals surface area contributed by atoms with Crippen molar-refractivity contribution in [2.45, 2.75) is 104 Å². The summed E-state index contributed by atoms with van der Waals surface area (Å²) < 4.78 is 0. The summed E-state index contributed by atoms with van der Waals surface area (Å²) in [5, 5.41) is 24.7. The summed E-state index contributed by atoms with van der Waals surface area (Å²) in [6.07, 6.45) is 8.98. The lowest BCUT2D eigenvalue weighted by molar-refractivity contribution is -0.160. The first-order chi connectivity index (χ1) is 14.7. The molecule has 4 saturated carbocycles. The molecule has 3 N–H and O–H groups in total. The van der Waals surface area contributed by atoms with Crippen LogP contribution in [0, 0.1) is 52.3 Å². The van der Waals surface area contributed by atoms with Crippen molar-refractivity contribution in [3.05, 3.63) is 0 Å². The Balaban J connectivity index is 1.36. The van der Waals surface area contributed by atoms with Crippen molar-refractivity contribution in [2.75, 3.05) is 6.54 Å². The second-order valence-electron chi connectivity index (χ2n) is 12.9. The topological polar surface area (TPSA) is 69.6 Å². The summed E-state index contributed by atoms with van der Waals surface area (Å²) in [5.74, 6) is 4.13. The number of aliphatic hydroxyl groups excluding tert-OH is 2. The Hall–Kier alpha value is -0.450. The molecule has 1 saturated heterocycles. The van der Waals surface area contributed by atoms with Crippen LogP contribution in [-0.2, 0) is 4.79 Å². The lowest BCUT2D eigenvalue weighted by Crippen LogP contribution is -2.58. The Morgan fingerprint density at radius 2 is 1.68 bits per heavy atom. The van der Waals surface area contributed by atoms with Gasteiger partial charge in [-0.15, -0.1) is 0 Å². The van der Waals surface area contributed by atoms with E-state index in [1.54, 1.807) is 0 Å². The van der Waals surface area contributed by atoms with Crippen LogP contribution in [0.3, 0.4) is 0 Å². The van der Waals surface area contributed by atoms with Crippen LogP contribution in [0.5, 0.6) is 0 Å². The standard InChI is InChI=1S/C27H45NO3/c1-15-13-23(30)24(28-14-15)16(2)18-7-8-19-17-5-6-21-25(31)22(29)10-12-27(21,4)20(17)9-11-26(18,19)3/h15-24,28-30H,5-14H2,1-4H3/t15-,16+,17+,18-,19+,20+,21+,22+,23+,24-,26-,27-/m1/s1. The SMILES string of the molecule is C[C@H]1CN[C@H]([C@@H](C)[C@H]2CC[C@H]3[C@@H]4CC[C@H]5C(=O)[C@@H](O)CC[C@]5(C)[C@H]4CC[C@]23C)[C@@H](O)C1. The molecule has 1 aliphatic heterocycles. The molecule has 1 heterocycles. The summed E-state index contributed by atoms with van der Waals surface area (Å²) in [7, 11) is 0. The largest absolute Gasteiger partial charge is 0.391 e. The molecule has 0 bridgehead atoms. The molecular formula is C27H45NO3. The number of fused-ring (bicyclic) bond motifs is 5. The third kappa shape index (κ3) is 3.29. The van der Waals surface area contributed by atoms with Crippen LogP contribution >= 0.6 is 0 Å². The predicted molar refractivity (Wildman–Crippen MR) is 122 cm³/mol. The lowest BCUT2D eigenvalue weighted by atomic mass is 9.44. The summed E-state index contributed by atoms with van der Waals surface area (Å²) >= 11 is 0. The average Bonchev–Trinajstić information content (AvgIpc) is 3.08.